The van der Waals surface area contributed by atoms with Crippen LogP contribution in [0.4, 0.5) is 10.1 Å². The summed E-state index contributed by atoms with van der Waals surface area (Å²) in [6.07, 6.45) is 0. The van der Waals surface area contributed by atoms with Gasteiger partial charge in [0.1, 0.15) is 5.82 Å². The number of ether oxygens (including phenoxy) is 2. The Bertz CT molecular complexity index is 963. The van der Waals surface area contributed by atoms with Crippen LogP contribution in [0.1, 0.15) is 12.5 Å². The first-order valence-corrected chi connectivity index (χ1v) is 10.9. The van der Waals surface area contributed by atoms with Gasteiger partial charge in [-0.15, -0.1) is 0 Å². The van der Waals surface area contributed by atoms with Gasteiger partial charge < -0.3 is 20.1 Å². The number of piperazine rings is 1. The number of hydrogen-bond acceptors (Lipinski definition) is 6. The van der Waals surface area contributed by atoms with E-state index in [4.69, 9.17) is 9.47 Å². The Morgan fingerprint density at radius 3 is 2.42 bits per heavy atom. The molecule has 1 aliphatic heterocycles. The molecular formula is C24H31FN4O4. The quantitative estimate of drug-likeness (QED) is 0.599. The molecule has 1 heterocycles. The molecule has 0 bridgehead atoms. The highest BCUT2D eigenvalue weighted by molar-refractivity contribution is 5.94. The van der Waals surface area contributed by atoms with E-state index in [-0.39, 0.29) is 17.9 Å². The van der Waals surface area contributed by atoms with Gasteiger partial charge in [0, 0.05) is 38.4 Å². The largest absolute Gasteiger partial charge is 0.493 e. The lowest BCUT2D eigenvalue weighted by atomic mass is 10.2. The van der Waals surface area contributed by atoms with Crippen LogP contribution in [-0.4, -0.2) is 74.6 Å². The maximum atomic E-state index is 13.3. The molecule has 2 N–H and O–H groups in total. The van der Waals surface area contributed by atoms with E-state index in [1.165, 1.54) is 12.1 Å². The zero-order valence-corrected chi connectivity index (χ0v) is 19.3. The maximum Gasteiger partial charge on any atom is 0.241 e. The Kier molecular flexibility index (Phi) is 8.62. The number of anilines is 1. The van der Waals surface area contributed by atoms with Crippen molar-refractivity contribution in [1.29, 1.82) is 0 Å². The highest BCUT2D eigenvalue weighted by Gasteiger charge is 2.26. The zero-order valence-electron chi connectivity index (χ0n) is 19.3. The second kappa shape index (κ2) is 11.6. The lowest BCUT2D eigenvalue weighted by Crippen LogP contribution is -2.54. The minimum Gasteiger partial charge on any atom is -0.493 e. The van der Waals surface area contributed by atoms with Crippen molar-refractivity contribution >= 4 is 17.5 Å². The van der Waals surface area contributed by atoms with Crippen LogP contribution in [0, 0.1) is 5.82 Å². The van der Waals surface area contributed by atoms with Crippen molar-refractivity contribution in [2.24, 2.45) is 0 Å². The highest BCUT2D eigenvalue weighted by Crippen LogP contribution is 2.27. The monoisotopic (exact) mass is 458 g/mol. The molecule has 0 radical (unpaired) electrons. The number of hydrogen-bond donors (Lipinski definition) is 2. The molecule has 0 aliphatic carbocycles. The summed E-state index contributed by atoms with van der Waals surface area (Å²) >= 11 is 0. The Balaban J connectivity index is 1.41. The number of halogens is 1. The predicted molar refractivity (Wildman–Crippen MR) is 124 cm³/mol. The van der Waals surface area contributed by atoms with Crippen LogP contribution < -0.4 is 20.1 Å². The van der Waals surface area contributed by atoms with Crippen LogP contribution in [0.5, 0.6) is 11.5 Å². The van der Waals surface area contributed by atoms with E-state index < -0.39 is 5.82 Å². The summed E-state index contributed by atoms with van der Waals surface area (Å²) in [6, 6.07) is 11.0. The third-order valence-electron chi connectivity index (χ3n) is 5.73. The van der Waals surface area contributed by atoms with Gasteiger partial charge in [0.15, 0.2) is 11.5 Å². The van der Waals surface area contributed by atoms with Crippen molar-refractivity contribution in [1.82, 2.24) is 15.1 Å². The molecule has 1 atom stereocenters. The topological polar surface area (TPSA) is 83.1 Å². The summed E-state index contributed by atoms with van der Waals surface area (Å²) in [5, 5.41) is 5.69. The van der Waals surface area contributed by atoms with Gasteiger partial charge in [0.05, 0.1) is 26.8 Å². The first kappa shape index (κ1) is 24.5. The van der Waals surface area contributed by atoms with E-state index in [1.807, 2.05) is 25.1 Å². The van der Waals surface area contributed by atoms with Crippen molar-refractivity contribution < 1.29 is 23.5 Å². The number of rotatable bonds is 9. The number of methoxy groups -OCH3 is 2. The van der Waals surface area contributed by atoms with Gasteiger partial charge >= 0.3 is 0 Å². The summed E-state index contributed by atoms with van der Waals surface area (Å²) in [5.74, 6) is 0.635. The van der Waals surface area contributed by atoms with Crippen molar-refractivity contribution in [2.75, 3.05) is 52.3 Å². The van der Waals surface area contributed by atoms with Crippen molar-refractivity contribution in [3.8, 4) is 11.5 Å². The minimum absolute atomic E-state index is 0.0601. The van der Waals surface area contributed by atoms with Gasteiger partial charge in [-0.05, 0) is 42.8 Å². The van der Waals surface area contributed by atoms with Crippen LogP contribution >= 0.6 is 0 Å². The van der Waals surface area contributed by atoms with E-state index in [0.717, 1.165) is 5.56 Å². The molecule has 178 valence electrons. The molecule has 33 heavy (non-hydrogen) atoms. The Morgan fingerprint density at radius 2 is 1.76 bits per heavy atom. The Labute approximate surface area is 193 Å². The van der Waals surface area contributed by atoms with Crippen molar-refractivity contribution in [3.05, 3.63) is 53.8 Å². The molecule has 0 saturated carbocycles. The van der Waals surface area contributed by atoms with Crippen LogP contribution in [0.2, 0.25) is 0 Å². The molecule has 1 saturated heterocycles. The fourth-order valence-corrected chi connectivity index (χ4v) is 3.74. The fourth-order valence-electron chi connectivity index (χ4n) is 3.74. The third-order valence-corrected chi connectivity index (χ3v) is 5.73. The SMILES string of the molecule is COc1ccc(CNC(=O)CN2CCN(C(C)C(=O)Nc3cccc(F)c3)CC2)cc1OC. The fraction of sp³-hybridized carbons (Fsp3) is 0.417. The van der Waals surface area contributed by atoms with Gasteiger partial charge in [0.2, 0.25) is 11.8 Å². The summed E-state index contributed by atoms with van der Waals surface area (Å²) < 4.78 is 23.8. The minimum atomic E-state index is -0.390. The highest BCUT2D eigenvalue weighted by atomic mass is 19.1. The second-order valence-electron chi connectivity index (χ2n) is 7.95. The van der Waals surface area contributed by atoms with Crippen LogP contribution in [-0.2, 0) is 16.1 Å². The number of nitrogens with zero attached hydrogens (tertiary/aromatic N) is 2. The smallest absolute Gasteiger partial charge is 0.241 e. The molecule has 1 aliphatic rings. The number of amides is 2. The van der Waals surface area contributed by atoms with Gasteiger partial charge in [-0.3, -0.25) is 19.4 Å². The van der Waals surface area contributed by atoms with Gasteiger partial charge in [-0.2, -0.15) is 0 Å². The molecule has 3 rings (SSSR count). The predicted octanol–water partition coefficient (Wildman–Crippen LogP) is 2.10. The van der Waals surface area contributed by atoms with E-state index in [0.29, 0.717) is 56.5 Å². The molecule has 1 unspecified atom stereocenters. The average Bonchev–Trinajstić information content (AvgIpc) is 2.82. The number of nitrogens with one attached hydrogen (secondary N) is 2. The molecule has 9 heteroatoms. The Hall–Kier alpha value is -3.17. The van der Waals surface area contributed by atoms with Gasteiger partial charge in [0.25, 0.3) is 0 Å². The lowest BCUT2D eigenvalue weighted by Gasteiger charge is -2.37. The van der Waals surface area contributed by atoms with E-state index >= 15 is 0 Å². The Morgan fingerprint density at radius 1 is 1.03 bits per heavy atom. The standard InChI is InChI=1S/C24H31FN4O4/c1-17(24(31)27-20-6-4-5-19(25)14-20)29-11-9-28(10-12-29)16-23(30)26-15-18-7-8-21(32-2)22(13-18)33-3/h4-8,13-14,17H,9-12,15-16H2,1-3H3,(H,26,30)(H,27,31). The van der Waals surface area contributed by atoms with E-state index in [9.17, 15) is 14.0 Å². The molecule has 2 aromatic rings. The van der Waals surface area contributed by atoms with Gasteiger partial charge in [-0.1, -0.05) is 12.1 Å². The first-order valence-electron chi connectivity index (χ1n) is 10.9. The molecule has 2 amide bonds. The van der Waals surface area contributed by atoms with Crippen LogP contribution in [0.15, 0.2) is 42.5 Å². The maximum absolute atomic E-state index is 13.3. The lowest BCUT2D eigenvalue weighted by molar-refractivity contribution is -0.124. The van der Waals surface area contributed by atoms with E-state index in [2.05, 4.69) is 20.4 Å². The molecule has 0 spiro atoms. The summed E-state index contributed by atoms with van der Waals surface area (Å²) in [4.78, 5) is 29.0. The van der Waals surface area contributed by atoms with Crippen molar-refractivity contribution in [3.63, 3.8) is 0 Å². The molecule has 8 nitrogen and oxygen atoms in total. The summed E-state index contributed by atoms with van der Waals surface area (Å²) in [7, 11) is 3.16. The molecule has 1 fully saturated rings. The molecular weight excluding hydrogens is 427 g/mol. The van der Waals surface area contributed by atoms with E-state index in [1.54, 1.807) is 26.4 Å². The van der Waals surface area contributed by atoms with Crippen LogP contribution in [0.25, 0.3) is 0 Å². The zero-order chi connectivity index (χ0) is 23.8. The number of benzene rings is 2. The second-order valence-corrected chi connectivity index (χ2v) is 7.95. The van der Waals surface area contributed by atoms with Gasteiger partial charge in [-0.25, -0.2) is 4.39 Å². The third kappa shape index (κ3) is 6.90. The number of carbonyl (C=O) groups is 2. The summed E-state index contributed by atoms with van der Waals surface area (Å²) in [6.45, 7) is 5.23. The molecule has 0 aromatic heterocycles. The number of carbonyl (C=O) groups excluding carboxylic acids is 2. The average molecular weight is 459 g/mol. The first-order chi connectivity index (χ1) is 15.9. The summed E-state index contributed by atoms with van der Waals surface area (Å²) in [5.41, 5.74) is 1.36. The van der Waals surface area contributed by atoms with Crippen LogP contribution in [0.3, 0.4) is 0 Å². The normalized spacial score (nSPS) is 15.5. The molecule has 2 aromatic carbocycles. The van der Waals surface area contributed by atoms with Crippen molar-refractivity contribution in [2.45, 2.75) is 19.5 Å².